The highest BCUT2D eigenvalue weighted by atomic mass is 16.6. The second kappa shape index (κ2) is 17.4. The van der Waals surface area contributed by atoms with E-state index in [1.165, 1.54) is 6.92 Å². The van der Waals surface area contributed by atoms with Crippen LogP contribution in [0.3, 0.4) is 0 Å². The van der Waals surface area contributed by atoms with Crippen molar-refractivity contribution in [3.63, 3.8) is 0 Å². The number of amides is 2. The fraction of sp³-hybridized carbons (Fsp3) is 0.857. The summed E-state index contributed by atoms with van der Waals surface area (Å²) in [6, 6.07) is -0.585. The van der Waals surface area contributed by atoms with Crippen molar-refractivity contribution in [2.45, 2.75) is 98.6 Å². The number of carbonyl (C=O) groups is 3. The van der Waals surface area contributed by atoms with Gasteiger partial charge in [0.2, 0.25) is 0 Å². The Bertz CT molecular complexity index is 528. The molecule has 0 aliphatic carbocycles. The Hall–Kier alpha value is -2.11. The van der Waals surface area contributed by atoms with Crippen LogP contribution in [0.15, 0.2) is 0 Å². The van der Waals surface area contributed by atoms with Crippen LogP contribution in [-0.2, 0) is 19.0 Å². The van der Waals surface area contributed by atoms with Crippen LogP contribution in [0.5, 0.6) is 0 Å². The van der Waals surface area contributed by atoms with Gasteiger partial charge >= 0.3 is 18.2 Å². The highest BCUT2D eigenvalue weighted by Gasteiger charge is 2.18. The van der Waals surface area contributed by atoms with E-state index in [0.717, 1.165) is 0 Å². The van der Waals surface area contributed by atoms with Gasteiger partial charge in [0.25, 0.3) is 0 Å². The number of esters is 1. The van der Waals surface area contributed by atoms with Crippen molar-refractivity contribution in [3.8, 4) is 0 Å². The molecular weight excluding hydrogens is 422 g/mol. The summed E-state index contributed by atoms with van der Waals surface area (Å²) in [5.41, 5.74) is 4.03. The average Bonchev–Trinajstić information content (AvgIpc) is 2.57. The van der Waals surface area contributed by atoms with Crippen molar-refractivity contribution in [1.29, 1.82) is 0 Å². The summed E-state index contributed by atoms with van der Waals surface area (Å²) in [5.74, 6) is -0.368. The van der Waals surface area contributed by atoms with Crippen LogP contribution in [0, 0.1) is 0 Å². The molecule has 2 amide bonds. The van der Waals surface area contributed by atoms with E-state index < -0.39 is 23.4 Å². The summed E-state index contributed by atoms with van der Waals surface area (Å²) in [6.07, 6.45) is -1.01. The van der Waals surface area contributed by atoms with Crippen molar-refractivity contribution < 1.29 is 38.8 Å². The number of ether oxygens (including phenoxy) is 3. The first-order valence-corrected chi connectivity index (χ1v) is 10.4. The maximum Gasteiger partial charge on any atom is 0.407 e. The lowest BCUT2D eigenvalue weighted by molar-refractivity contribution is -0.141. The van der Waals surface area contributed by atoms with Gasteiger partial charge in [-0.3, -0.25) is 4.79 Å². The molecule has 0 spiro atoms. The van der Waals surface area contributed by atoms with Crippen LogP contribution in [-0.4, -0.2) is 77.5 Å². The van der Waals surface area contributed by atoms with Crippen molar-refractivity contribution in [2.75, 3.05) is 19.8 Å². The first-order chi connectivity index (χ1) is 14.3. The molecule has 0 aromatic heterocycles. The van der Waals surface area contributed by atoms with Crippen LogP contribution in [0.4, 0.5) is 9.59 Å². The average molecular weight is 468 g/mol. The Labute approximate surface area is 192 Å². The van der Waals surface area contributed by atoms with Crippen molar-refractivity contribution >= 4 is 18.2 Å². The standard InChI is InChI=1S/C10H19NO4.C8H17NO3.C3H9NO/c1-7(6-14-8(2)12)11-9(13)15-10(3,4)5;1-6(5-10)9-7(11)12-8(2,3)4;1-3(4)2-5/h7H,6H2,1-5H3,(H,11,13);6,10H,5H2,1-4H3,(H,9,11);3,5H,2,4H2,1H3/t7-;6-;3-/m000/s1. The topological polar surface area (TPSA) is 169 Å². The van der Waals surface area contributed by atoms with E-state index >= 15 is 0 Å². The molecule has 0 unspecified atom stereocenters. The molecule has 3 atom stereocenters. The minimum atomic E-state index is -0.523. The molecule has 0 heterocycles. The molecule has 0 bridgehead atoms. The van der Waals surface area contributed by atoms with Gasteiger partial charge in [0.1, 0.15) is 17.8 Å². The molecule has 0 aliphatic heterocycles. The van der Waals surface area contributed by atoms with E-state index in [1.54, 1.807) is 62.3 Å². The van der Waals surface area contributed by atoms with Crippen molar-refractivity contribution in [2.24, 2.45) is 5.73 Å². The van der Waals surface area contributed by atoms with Gasteiger partial charge in [0, 0.05) is 13.0 Å². The number of aliphatic hydroxyl groups is 2. The molecule has 0 fully saturated rings. The molecule has 11 nitrogen and oxygen atoms in total. The number of nitrogens with two attached hydrogens (primary N) is 1. The molecule has 6 N–H and O–H groups in total. The quantitative estimate of drug-likeness (QED) is 0.288. The largest absolute Gasteiger partial charge is 0.464 e. The first kappa shape index (κ1) is 34.5. The molecule has 11 heteroatoms. The van der Waals surface area contributed by atoms with Gasteiger partial charge < -0.3 is 40.8 Å². The molecule has 0 radical (unpaired) electrons. The molecule has 0 saturated heterocycles. The van der Waals surface area contributed by atoms with Crippen LogP contribution in [0.25, 0.3) is 0 Å². The summed E-state index contributed by atoms with van der Waals surface area (Å²) in [6.45, 7) is 17.4. The lowest BCUT2D eigenvalue weighted by atomic mass is 10.2. The Morgan fingerprint density at radius 3 is 1.41 bits per heavy atom. The summed E-state index contributed by atoms with van der Waals surface area (Å²) in [5, 5.41) is 21.7. The maximum atomic E-state index is 11.2. The van der Waals surface area contributed by atoms with Gasteiger partial charge in [-0.15, -0.1) is 0 Å². The Kier molecular flexibility index (Phi) is 18.8. The Morgan fingerprint density at radius 1 is 0.812 bits per heavy atom. The lowest BCUT2D eigenvalue weighted by Crippen LogP contribution is -2.40. The molecule has 0 aliphatic rings. The fourth-order valence-electron chi connectivity index (χ4n) is 1.35. The predicted octanol–water partition coefficient (Wildman–Crippen LogP) is 1.68. The van der Waals surface area contributed by atoms with Crippen LogP contribution >= 0.6 is 0 Å². The zero-order valence-electron chi connectivity index (χ0n) is 21.3. The summed E-state index contributed by atoms with van der Waals surface area (Å²) < 4.78 is 14.7. The zero-order chi connectivity index (χ0) is 26.1. The zero-order valence-corrected chi connectivity index (χ0v) is 21.3. The summed E-state index contributed by atoms with van der Waals surface area (Å²) >= 11 is 0. The predicted molar refractivity (Wildman–Crippen MR) is 122 cm³/mol. The van der Waals surface area contributed by atoms with Gasteiger partial charge in [0.15, 0.2) is 0 Å². The molecule has 0 aromatic carbocycles. The smallest absolute Gasteiger partial charge is 0.407 e. The van der Waals surface area contributed by atoms with Gasteiger partial charge in [-0.05, 0) is 62.3 Å². The van der Waals surface area contributed by atoms with Crippen LogP contribution in [0.1, 0.15) is 69.2 Å². The SMILES string of the molecule is CC(=O)OC[C@H](C)NC(=O)OC(C)(C)C.C[C@@H](CO)NC(=O)OC(C)(C)C.C[C@H](N)CO. The summed E-state index contributed by atoms with van der Waals surface area (Å²) in [7, 11) is 0. The second-order valence-corrected chi connectivity index (χ2v) is 9.24. The fourth-order valence-corrected chi connectivity index (χ4v) is 1.35. The van der Waals surface area contributed by atoms with E-state index in [4.69, 9.17) is 30.2 Å². The van der Waals surface area contributed by atoms with E-state index in [9.17, 15) is 14.4 Å². The minimum absolute atomic E-state index is 0.0602. The van der Waals surface area contributed by atoms with Crippen molar-refractivity contribution in [3.05, 3.63) is 0 Å². The normalized spacial score (nSPS) is 13.5. The molecule has 32 heavy (non-hydrogen) atoms. The number of nitrogens with one attached hydrogen (secondary N) is 2. The minimum Gasteiger partial charge on any atom is -0.464 e. The third kappa shape index (κ3) is 32.6. The second-order valence-electron chi connectivity index (χ2n) is 9.24. The van der Waals surface area contributed by atoms with Gasteiger partial charge in [0.05, 0.1) is 25.3 Å². The molecule has 0 saturated carbocycles. The summed E-state index contributed by atoms with van der Waals surface area (Å²) in [4.78, 5) is 32.7. The number of hydrogen-bond acceptors (Lipinski definition) is 9. The van der Waals surface area contributed by atoms with Gasteiger partial charge in [-0.25, -0.2) is 9.59 Å². The van der Waals surface area contributed by atoms with E-state index in [2.05, 4.69) is 10.6 Å². The van der Waals surface area contributed by atoms with E-state index in [0.29, 0.717) is 0 Å². The van der Waals surface area contributed by atoms with Gasteiger partial charge in [-0.2, -0.15) is 0 Å². The van der Waals surface area contributed by atoms with Crippen LogP contribution in [0.2, 0.25) is 0 Å². The third-order valence-electron chi connectivity index (χ3n) is 2.62. The first-order valence-electron chi connectivity index (χ1n) is 10.4. The molecule has 0 aromatic rings. The number of hydrogen-bond donors (Lipinski definition) is 5. The Balaban J connectivity index is -0.000000441. The number of carbonyl (C=O) groups excluding carboxylic acids is 3. The van der Waals surface area contributed by atoms with E-state index in [-0.39, 0.29) is 43.9 Å². The number of aliphatic hydroxyl groups excluding tert-OH is 2. The number of alkyl carbamates (subject to hydrolysis) is 2. The number of rotatable bonds is 6. The Morgan fingerprint density at radius 2 is 1.16 bits per heavy atom. The highest BCUT2D eigenvalue weighted by Crippen LogP contribution is 2.07. The molecular formula is C21H45N3O8. The third-order valence-corrected chi connectivity index (χ3v) is 2.62. The van der Waals surface area contributed by atoms with Gasteiger partial charge in [-0.1, -0.05) is 0 Å². The van der Waals surface area contributed by atoms with E-state index in [1.807, 2.05) is 0 Å². The molecule has 0 rings (SSSR count). The van der Waals surface area contributed by atoms with Crippen molar-refractivity contribution in [1.82, 2.24) is 10.6 Å². The molecule has 192 valence electrons. The monoisotopic (exact) mass is 467 g/mol. The maximum absolute atomic E-state index is 11.2. The highest BCUT2D eigenvalue weighted by molar-refractivity contribution is 5.68. The lowest BCUT2D eigenvalue weighted by Gasteiger charge is -2.21. The van der Waals surface area contributed by atoms with Crippen LogP contribution < -0.4 is 16.4 Å².